The van der Waals surface area contributed by atoms with Gasteiger partial charge < -0.3 is 10.4 Å². The first-order chi connectivity index (χ1) is 8.04. The van der Waals surface area contributed by atoms with Crippen molar-refractivity contribution in [3.05, 3.63) is 29.1 Å². The molecule has 1 atom stereocenters. The molecule has 94 valence electrons. The van der Waals surface area contributed by atoms with Gasteiger partial charge in [-0.15, -0.1) is 0 Å². The third-order valence-electron chi connectivity index (χ3n) is 2.59. The molecule has 1 heterocycles. The maximum atomic E-state index is 11.8. The highest BCUT2D eigenvalue weighted by atomic mass is 16.3. The molecule has 0 bridgehead atoms. The van der Waals surface area contributed by atoms with Crippen molar-refractivity contribution in [3.63, 3.8) is 0 Å². The van der Waals surface area contributed by atoms with Crippen molar-refractivity contribution in [3.8, 4) is 0 Å². The lowest BCUT2D eigenvalue weighted by Crippen LogP contribution is -2.32. The number of amides is 1. The van der Waals surface area contributed by atoms with Crippen LogP contribution in [0.2, 0.25) is 0 Å². The highest BCUT2D eigenvalue weighted by Gasteiger charge is 2.11. The summed E-state index contributed by atoms with van der Waals surface area (Å²) in [6, 6.07) is 3.57. The summed E-state index contributed by atoms with van der Waals surface area (Å²) in [5.41, 5.74) is 2.18. The molecule has 0 saturated carbocycles. The molecular weight excluding hydrogens is 216 g/mol. The van der Waals surface area contributed by atoms with E-state index >= 15 is 0 Å². The first-order valence-electron chi connectivity index (χ1n) is 5.95. The van der Waals surface area contributed by atoms with Crippen LogP contribution in [-0.2, 0) is 0 Å². The molecule has 0 radical (unpaired) electrons. The third kappa shape index (κ3) is 4.15. The van der Waals surface area contributed by atoms with Gasteiger partial charge in [-0.25, -0.2) is 0 Å². The van der Waals surface area contributed by atoms with E-state index in [2.05, 4.69) is 10.3 Å². The fraction of sp³-hybridized carbons (Fsp3) is 0.538. The molecule has 1 amide bonds. The standard InChI is InChI=1S/C13H20N2O2/c1-4-5-11(16)8-14-13(17)12-7-6-9(2)15-10(12)3/h6-7,11,16H,4-5,8H2,1-3H3,(H,14,17). The Morgan fingerprint density at radius 1 is 1.47 bits per heavy atom. The molecule has 1 aromatic heterocycles. The second-order valence-corrected chi connectivity index (χ2v) is 4.24. The van der Waals surface area contributed by atoms with Crippen molar-refractivity contribution in [2.24, 2.45) is 0 Å². The number of hydrogen-bond donors (Lipinski definition) is 2. The predicted molar refractivity (Wildman–Crippen MR) is 67.0 cm³/mol. The van der Waals surface area contributed by atoms with Crippen LogP contribution in [0.25, 0.3) is 0 Å². The first-order valence-corrected chi connectivity index (χ1v) is 5.95. The molecule has 2 N–H and O–H groups in total. The quantitative estimate of drug-likeness (QED) is 0.816. The third-order valence-corrected chi connectivity index (χ3v) is 2.59. The number of pyridine rings is 1. The molecule has 0 aliphatic rings. The molecule has 4 nitrogen and oxygen atoms in total. The smallest absolute Gasteiger partial charge is 0.253 e. The van der Waals surface area contributed by atoms with E-state index in [1.54, 1.807) is 6.07 Å². The molecule has 0 fully saturated rings. The van der Waals surface area contributed by atoms with Crippen LogP contribution in [0.5, 0.6) is 0 Å². The molecule has 1 aromatic rings. The number of aliphatic hydroxyl groups excluding tert-OH is 1. The number of carbonyl (C=O) groups is 1. The number of carbonyl (C=O) groups excluding carboxylic acids is 1. The molecule has 0 aliphatic heterocycles. The van der Waals surface area contributed by atoms with Gasteiger partial charge in [0.25, 0.3) is 5.91 Å². The molecule has 4 heteroatoms. The number of nitrogens with one attached hydrogen (secondary N) is 1. The van der Waals surface area contributed by atoms with Gasteiger partial charge in [0.1, 0.15) is 0 Å². The Morgan fingerprint density at radius 2 is 2.18 bits per heavy atom. The molecule has 0 spiro atoms. The minimum absolute atomic E-state index is 0.176. The summed E-state index contributed by atoms with van der Waals surface area (Å²) in [6.07, 6.45) is 1.13. The van der Waals surface area contributed by atoms with Crippen molar-refractivity contribution in [1.82, 2.24) is 10.3 Å². The molecule has 1 unspecified atom stereocenters. The minimum Gasteiger partial charge on any atom is -0.391 e. The van der Waals surface area contributed by atoms with Gasteiger partial charge in [-0.1, -0.05) is 13.3 Å². The lowest BCUT2D eigenvalue weighted by Gasteiger charge is -2.11. The van der Waals surface area contributed by atoms with E-state index < -0.39 is 6.10 Å². The van der Waals surface area contributed by atoms with Gasteiger partial charge in [0.05, 0.1) is 17.4 Å². The van der Waals surface area contributed by atoms with E-state index in [9.17, 15) is 9.90 Å². The van der Waals surface area contributed by atoms with Crippen molar-refractivity contribution < 1.29 is 9.90 Å². The lowest BCUT2D eigenvalue weighted by atomic mass is 10.1. The maximum absolute atomic E-state index is 11.8. The Kier molecular flexibility index (Phi) is 5.10. The number of rotatable bonds is 5. The van der Waals surface area contributed by atoms with Gasteiger partial charge in [-0.2, -0.15) is 0 Å². The molecule has 0 aromatic carbocycles. The van der Waals surface area contributed by atoms with Crippen molar-refractivity contribution in [2.75, 3.05) is 6.54 Å². The first kappa shape index (κ1) is 13.6. The average molecular weight is 236 g/mol. The van der Waals surface area contributed by atoms with E-state index in [-0.39, 0.29) is 5.91 Å². The van der Waals surface area contributed by atoms with Gasteiger partial charge in [-0.05, 0) is 32.4 Å². The highest BCUT2D eigenvalue weighted by molar-refractivity contribution is 5.95. The van der Waals surface area contributed by atoms with Gasteiger partial charge in [0.2, 0.25) is 0 Å². The van der Waals surface area contributed by atoms with Crippen molar-refractivity contribution >= 4 is 5.91 Å². The number of aryl methyl sites for hydroxylation is 2. The van der Waals surface area contributed by atoms with Gasteiger partial charge >= 0.3 is 0 Å². The van der Waals surface area contributed by atoms with E-state index in [0.29, 0.717) is 24.2 Å². The van der Waals surface area contributed by atoms with Crippen molar-refractivity contribution in [2.45, 2.75) is 39.7 Å². The summed E-state index contributed by atoms with van der Waals surface area (Å²) < 4.78 is 0. The Hall–Kier alpha value is -1.42. The SMILES string of the molecule is CCCC(O)CNC(=O)c1ccc(C)nc1C. The Labute approximate surface area is 102 Å². The van der Waals surface area contributed by atoms with Crippen LogP contribution in [0.4, 0.5) is 0 Å². The van der Waals surface area contributed by atoms with Crippen LogP contribution in [0, 0.1) is 13.8 Å². The van der Waals surface area contributed by atoms with Gasteiger partial charge in [-0.3, -0.25) is 9.78 Å². The zero-order valence-corrected chi connectivity index (χ0v) is 10.7. The summed E-state index contributed by atoms with van der Waals surface area (Å²) in [7, 11) is 0. The highest BCUT2D eigenvalue weighted by Crippen LogP contribution is 2.06. The minimum atomic E-state index is -0.470. The molecule has 1 rings (SSSR count). The summed E-state index contributed by atoms with van der Waals surface area (Å²) in [4.78, 5) is 16.1. The number of hydrogen-bond acceptors (Lipinski definition) is 3. The van der Waals surface area contributed by atoms with Crippen LogP contribution in [0.15, 0.2) is 12.1 Å². The van der Waals surface area contributed by atoms with E-state index in [4.69, 9.17) is 0 Å². The molecule has 0 aliphatic carbocycles. The largest absolute Gasteiger partial charge is 0.391 e. The van der Waals surface area contributed by atoms with Crippen LogP contribution in [-0.4, -0.2) is 28.6 Å². The van der Waals surface area contributed by atoms with Gasteiger partial charge in [0, 0.05) is 12.2 Å². The summed E-state index contributed by atoms with van der Waals surface area (Å²) in [5, 5.41) is 12.2. The number of aromatic nitrogens is 1. The average Bonchev–Trinajstić information content (AvgIpc) is 2.26. The van der Waals surface area contributed by atoms with Crippen LogP contribution >= 0.6 is 0 Å². The summed E-state index contributed by atoms with van der Waals surface area (Å²) in [6.45, 7) is 5.99. The van der Waals surface area contributed by atoms with E-state index in [1.807, 2.05) is 26.8 Å². The lowest BCUT2D eigenvalue weighted by molar-refractivity contribution is 0.0909. The van der Waals surface area contributed by atoms with Crippen molar-refractivity contribution in [1.29, 1.82) is 0 Å². The predicted octanol–water partition coefficient (Wildman–Crippen LogP) is 1.59. The van der Waals surface area contributed by atoms with Crippen LogP contribution in [0.1, 0.15) is 41.5 Å². The monoisotopic (exact) mass is 236 g/mol. The zero-order chi connectivity index (χ0) is 12.8. The summed E-state index contributed by atoms with van der Waals surface area (Å²) >= 11 is 0. The fourth-order valence-corrected chi connectivity index (χ4v) is 1.67. The Balaban J connectivity index is 2.58. The molecule has 0 saturated heterocycles. The Morgan fingerprint density at radius 3 is 2.76 bits per heavy atom. The maximum Gasteiger partial charge on any atom is 0.253 e. The van der Waals surface area contributed by atoms with Crippen LogP contribution < -0.4 is 5.32 Å². The second-order valence-electron chi connectivity index (χ2n) is 4.24. The molecule has 17 heavy (non-hydrogen) atoms. The van der Waals surface area contributed by atoms with Gasteiger partial charge in [0.15, 0.2) is 0 Å². The van der Waals surface area contributed by atoms with E-state index in [1.165, 1.54) is 0 Å². The molecular formula is C13H20N2O2. The van der Waals surface area contributed by atoms with E-state index in [0.717, 1.165) is 12.1 Å². The Bertz CT molecular complexity index is 391. The van der Waals surface area contributed by atoms with Crippen LogP contribution in [0.3, 0.4) is 0 Å². The number of nitrogens with zero attached hydrogens (tertiary/aromatic N) is 1. The normalized spacial score (nSPS) is 12.2. The second kappa shape index (κ2) is 6.35. The number of aliphatic hydroxyl groups is 1. The topological polar surface area (TPSA) is 62.2 Å². The fourth-order valence-electron chi connectivity index (χ4n) is 1.67. The zero-order valence-electron chi connectivity index (χ0n) is 10.7. The summed E-state index contributed by atoms with van der Waals surface area (Å²) in [5.74, 6) is -0.176.